The van der Waals surface area contributed by atoms with Gasteiger partial charge < -0.3 is 10.2 Å². The summed E-state index contributed by atoms with van der Waals surface area (Å²) in [5, 5.41) is 18.9. The van der Waals surface area contributed by atoms with Crippen LogP contribution in [0.3, 0.4) is 0 Å². The SMILES string of the molecule is C=CCCC1(C(=O)O)CC2C=CC1(C(=O)O)C2. The summed E-state index contributed by atoms with van der Waals surface area (Å²) >= 11 is 0. The van der Waals surface area contributed by atoms with Gasteiger partial charge in [0.05, 0.1) is 5.41 Å². The zero-order valence-corrected chi connectivity index (χ0v) is 9.56. The van der Waals surface area contributed by atoms with Gasteiger partial charge in [0, 0.05) is 0 Å². The molecule has 0 saturated heterocycles. The predicted octanol–water partition coefficient (Wildman–Crippen LogP) is 2.07. The maximum Gasteiger partial charge on any atom is 0.314 e. The first-order valence-electron chi connectivity index (χ1n) is 5.75. The molecule has 2 aliphatic carbocycles. The number of allylic oxidation sites excluding steroid dienone is 2. The molecule has 2 N–H and O–H groups in total. The third-order valence-electron chi connectivity index (χ3n) is 4.27. The van der Waals surface area contributed by atoms with Crippen molar-refractivity contribution in [1.29, 1.82) is 0 Å². The number of hydrogen-bond donors (Lipinski definition) is 2. The third kappa shape index (κ3) is 1.36. The van der Waals surface area contributed by atoms with Crippen molar-refractivity contribution in [1.82, 2.24) is 0 Å². The molecular weight excluding hydrogens is 220 g/mol. The molecule has 0 radical (unpaired) electrons. The van der Waals surface area contributed by atoms with E-state index in [0.29, 0.717) is 25.7 Å². The van der Waals surface area contributed by atoms with Gasteiger partial charge in [-0.1, -0.05) is 18.2 Å². The Morgan fingerprint density at radius 3 is 2.53 bits per heavy atom. The van der Waals surface area contributed by atoms with Gasteiger partial charge in [0.15, 0.2) is 0 Å². The quantitative estimate of drug-likeness (QED) is 0.716. The van der Waals surface area contributed by atoms with Crippen LogP contribution in [0.4, 0.5) is 0 Å². The molecule has 1 fully saturated rings. The number of hydrogen-bond acceptors (Lipinski definition) is 2. The number of carbonyl (C=O) groups is 2. The van der Waals surface area contributed by atoms with Crippen LogP contribution in [-0.2, 0) is 9.59 Å². The van der Waals surface area contributed by atoms with E-state index in [0.717, 1.165) is 0 Å². The summed E-state index contributed by atoms with van der Waals surface area (Å²) in [5.74, 6) is -1.92. The topological polar surface area (TPSA) is 74.6 Å². The van der Waals surface area contributed by atoms with Crippen LogP contribution in [0.1, 0.15) is 25.7 Å². The van der Waals surface area contributed by atoms with E-state index < -0.39 is 22.8 Å². The smallest absolute Gasteiger partial charge is 0.314 e. The fraction of sp³-hybridized carbons (Fsp3) is 0.538. The first-order valence-corrected chi connectivity index (χ1v) is 5.75. The van der Waals surface area contributed by atoms with Gasteiger partial charge in [-0.3, -0.25) is 9.59 Å². The summed E-state index contributed by atoms with van der Waals surface area (Å²) in [7, 11) is 0. The minimum atomic E-state index is -1.22. The maximum atomic E-state index is 11.6. The summed E-state index contributed by atoms with van der Waals surface area (Å²) in [6.07, 6.45) is 6.82. The van der Waals surface area contributed by atoms with E-state index in [4.69, 9.17) is 0 Å². The summed E-state index contributed by atoms with van der Waals surface area (Å²) in [5.41, 5.74) is -2.38. The minimum absolute atomic E-state index is 0.0898. The Labute approximate surface area is 99.6 Å². The molecule has 4 nitrogen and oxygen atoms in total. The van der Waals surface area contributed by atoms with Gasteiger partial charge in [0.2, 0.25) is 0 Å². The lowest BCUT2D eigenvalue weighted by atomic mass is 9.62. The molecule has 2 bridgehead atoms. The number of carboxylic acid groups (broad SMARTS) is 2. The molecule has 4 heteroatoms. The van der Waals surface area contributed by atoms with E-state index in [1.54, 1.807) is 12.2 Å². The molecule has 0 aromatic carbocycles. The molecule has 2 rings (SSSR count). The van der Waals surface area contributed by atoms with Crippen LogP contribution in [0.2, 0.25) is 0 Å². The summed E-state index contributed by atoms with van der Waals surface area (Å²) < 4.78 is 0. The average Bonchev–Trinajstić information content (AvgIpc) is 2.83. The van der Waals surface area contributed by atoms with Gasteiger partial charge in [0.25, 0.3) is 0 Å². The molecule has 0 amide bonds. The minimum Gasteiger partial charge on any atom is -0.481 e. The molecular formula is C13H16O4. The molecule has 3 atom stereocenters. The van der Waals surface area contributed by atoms with Gasteiger partial charge in [-0.2, -0.15) is 0 Å². The molecule has 0 spiro atoms. The molecule has 0 heterocycles. The van der Waals surface area contributed by atoms with Gasteiger partial charge in [0.1, 0.15) is 5.41 Å². The van der Waals surface area contributed by atoms with E-state index >= 15 is 0 Å². The highest BCUT2D eigenvalue weighted by Crippen LogP contribution is 2.63. The first kappa shape index (κ1) is 11.9. The van der Waals surface area contributed by atoms with Crippen molar-refractivity contribution < 1.29 is 19.8 Å². The largest absolute Gasteiger partial charge is 0.481 e. The lowest BCUT2D eigenvalue weighted by Gasteiger charge is -2.38. The van der Waals surface area contributed by atoms with Crippen molar-refractivity contribution in [3.05, 3.63) is 24.8 Å². The Kier molecular flexibility index (Phi) is 2.60. The normalized spacial score (nSPS) is 38.2. The second-order valence-electron chi connectivity index (χ2n) is 5.02. The monoisotopic (exact) mass is 236 g/mol. The van der Waals surface area contributed by atoms with Gasteiger partial charge in [-0.05, 0) is 31.6 Å². The third-order valence-corrected chi connectivity index (χ3v) is 4.27. The van der Waals surface area contributed by atoms with Crippen molar-refractivity contribution in [2.24, 2.45) is 16.7 Å². The number of carboxylic acids is 2. The van der Waals surface area contributed by atoms with Crippen LogP contribution in [-0.4, -0.2) is 22.2 Å². The maximum absolute atomic E-state index is 11.6. The molecule has 92 valence electrons. The zero-order valence-electron chi connectivity index (χ0n) is 9.56. The van der Waals surface area contributed by atoms with Crippen LogP contribution in [0, 0.1) is 16.7 Å². The van der Waals surface area contributed by atoms with Crippen molar-refractivity contribution >= 4 is 11.9 Å². The van der Waals surface area contributed by atoms with Crippen LogP contribution in [0.25, 0.3) is 0 Å². The Bertz CT molecular complexity index is 412. The zero-order chi connectivity index (χ0) is 12.7. The van der Waals surface area contributed by atoms with E-state index in [9.17, 15) is 19.8 Å². The summed E-state index contributed by atoms with van der Waals surface area (Å²) in [6, 6.07) is 0. The van der Waals surface area contributed by atoms with Crippen molar-refractivity contribution in [3.63, 3.8) is 0 Å². The molecule has 0 aromatic heterocycles. The Balaban J connectivity index is 2.46. The molecule has 0 aliphatic heterocycles. The Morgan fingerprint density at radius 1 is 1.35 bits per heavy atom. The van der Waals surface area contributed by atoms with E-state index in [1.165, 1.54) is 0 Å². The Morgan fingerprint density at radius 2 is 2.06 bits per heavy atom. The van der Waals surface area contributed by atoms with Gasteiger partial charge in [-0.15, -0.1) is 6.58 Å². The van der Waals surface area contributed by atoms with Crippen LogP contribution in [0.15, 0.2) is 24.8 Å². The second kappa shape index (κ2) is 3.72. The van der Waals surface area contributed by atoms with Crippen molar-refractivity contribution in [2.75, 3.05) is 0 Å². The van der Waals surface area contributed by atoms with Gasteiger partial charge >= 0.3 is 11.9 Å². The van der Waals surface area contributed by atoms with E-state index in [1.807, 2.05) is 6.08 Å². The highest BCUT2D eigenvalue weighted by atomic mass is 16.4. The molecule has 2 aliphatic rings. The number of aliphatic carboxylic acids is 2. The predicted molar refractivity (Wildman–Crippen MR) is 61.4 cm³/mol. The highest BCUT2D eigenvalue weighted by molar-refractivity contribution is 5.90. The van der Waals surface area contributed by atoms with E-state index in [-0.39, 0.29) is 5.92 Å². The molecule has 1 saturated carbocycles. The van der Waals surface area contributed by atoms with Crippen LogP contribution >= 0.6 is 0 Å². The standard InChI is InChI=1S/C13H16O4/c1-2-3-5-12(10(14)15)7-9-4-6-13(12,8-9)11(16)17/h2,4,6,9H,1,3,5,7-8H2,(H,14,15)(H,16,17). The average molecular weight is 236 g/mol. The van der Waals surface area contributed by atoms with Gasteiger partial charge in [-0.25, -0.2) is 0 Å². The first-order chi connectivity index (χ1) is 7.98. The molecule has 0 aromatic rings. The van der Waals surface area contributed by atoms with Crippen molar-refractivity contribution in [2.45, 2.75) is 25.7 Å². The fourth-order valence-electron chi connectivity index (χ4n) is 3.40. The Hall–Kier alpha value is -1.58. The fourth-order valence-corrected chi connectivity index (χ4v) is 3.40. The van der Waals surface area contributed by atoms with Crippen LogP contribution in [0.5, 0.6) is 0 Å². The summed E-state index contributed by atoms with van der Waals surface area (Å²) in [4.78, 5) is 23.1. The second-order valence-corrected chi connectivity index (χ2v) is 5.02. The number of rotatable bonds is 5. The highest BCUT2D eigenvalue weighted by Gasteiger charge is 2.67. The number of fused-ring (bicyclic) bond motifs is 2. The lowest BCUT2D eigenvalue weighted by molar-refractivity contribution is -0.167. The van der Waals surface area contributed by atoms with E-state index in [2.05, 4.69) is 6.58 Å². The summed E-state index contributed by atoms with van der Waals surface area (Å²) in [6.45, 7) is 3.58. The molecule has 17 heavy (non-hydrogen) atoms. The lowest BCUT2D eigenvalue weighted by Crippen LogP contribution is -2.48. The molecule has 3 unspecified atom stereocenters. The van der Waals surface area contributed by atoms with Crippen LogP contribution < -0.4 is 0 Å². The van der Waals surface area contributed by atoms with Crippen molar-refractivity contribution in [3.8, 4) is 0 Å².